The number of ether oxygens (including phenoxy) is 9. The van der Waals surface area contributed by atoms with Gasteiger partial charge in [0.15, 0.2) is 110 Å². The predicted octanol–water partition coefficient (Wildman–Crippen LogP) is 19.6. The number of benzene rings is 9. The van der Waals surface area contributed by atoms with Crippen molar-refractivity contribution < 1.29 is 122 Å². The van der Waals surface area contributed by atoms with Crippen molar-refractivity contribution in [1.29, 1.82) is 0 Å². The van der Waals surface area contributed by atoms with E-state index in [1.165, 1.54) is 53.1 Å². The van der Waals surface area contributed by atoms with Gasteiger partial charge in [0.2, 0.25) is 0 Å². The minimum absolute atomic E-state index is 0.0309. The molecule has 1 aliphatic carbocycles. The lowest BCUT2D eigenvalue weighted by Crippen LogP contribution is -2.42. The predicted molar refractivity (Wildman–Crippen MR) is 468 cm³/mol. The molecule has 0 radical (unpaired) electrons. The molecular weight excluding hydrogens is 1780 g/mol. The molecule has 128 heavy (non-hydrogen) atoms. The van der Waals surface area contributed by atoms with Crippen LogP contribution in [-0.2, 0) is 139 Å². The first kappa shape index (κ1) is 100. The molecule has 3 saturated heterocycles. The standard InChI is InChI=1S/C33H36F2O7S2.C32H36F2O7S2.C30H32F2O7S2/c1-21(33(34,35)44(37,38)39)40-30(36)22-9-15-25(16-10-22)43(26-17-11-23(12-18-26)31(2,3)4)27-19-13-24(14-20-27)32(5)41-28-7-6-8-29(28)42-32;1-21(32(33,34)43(36,37)38)40-28(35)22-8-14-25(15-9-22)42(26-16-10-23(11-17-26)29(2,3)4)27-18-12-24(13-19-27)31(7)39-20-30(5,6)41-31;1-20(30(31,32)41(34,35)36)39-27(33)21-6-12-24(13-7-21)40(25-14-8-22(9-15-25)28(2,3)4)26-16-10-23(11-17-26)29(5)37-18-19-38-29/h9-21,28-29H,6-8H2,1-5H3;8-19,21H,20H2,1-7H3;6-17,20H,18-19H2,1-5H3. The Morgan fingerprint density at radius 3 is 0.789 bits per heavy atom. The topological polar surface area (TPSA) is 306 Å². The van der Waals surface area contributed by atoms with Crippen LogP contribution in [-0.4, -0.2) is 129 Å². The molecule has 4 aliphatic rings. The highest BCUT2D eigenvalue weighted by molar-refractivity contribution is 7.97. The van der Waals surface area contributed by atoms with Crippen LogP contribution in [0, 0.1) is 0 Å². The minimum atomic E-state index is -6.01. The van der Waals surface area contributed by atoms with E-state index in [4.69, 9.17) is 28.4 Å². The van der Waals surface area contributed by atoms with Crippen molar-refractivity contribution in [2.45, 2.75) is 267 Å². The molecule has 3 heterocycles. The number of carbonyl (C=O) groups excluding carboxylic acids is 3. The maximum Gasteiger partial charge on any atom is 0.370 e. The van der Waals surface area contributed by atoms with Crippen LogP contribution in [0.2, 0.25) is 0 Å². The van der Waals surface area contributed by atoms with Crippen molar-refractivity contribution in [1.82, 2.24) is 0 Å². The molecule has 9 aromatic rings. The summed E-state index contributed by atoms with van der Waals surface area (Å²) in [4.78, 5) is 46.2. The van der Waals surface area contributed by atoms with Gasteiger partial charge in [-0.3, -0.25) is 0 Å². The summed E-state index contributed by atoms with van der Waals surface area (Å²) in [7, 11) is -19.9. The number of esters is 3. The van der Waals surface area contributed by atoms with E-state index in [0.717, 1.165) is 80.0 Å². The van der Waals surface area contributed by atoms with Crippen molar-refractivity contribution in [2.24, 2.45) is 0 Å². The van der Waals surface area contributed by atoms with Gasteiger partial charge in [0.05, 0.1) is 87.0 Å². The highest BCUT2D eigenvalue weighted by atomic mass is 32.2. The summed E-state index contributed by atoms with van der Waals surface area (Å²) in [5.74, 6) is -6.02. The maximum absolute atomic E-state index is 13.9. The molecule has 9 unspecified atom stereocenters. The van der Waals surface area contributed by atoms with E-state index in [0.29, 0.717) is 40.6 Å². The molecule has 688 valence electrons. The average molecular weight is 1890 g/mol. The van der Waals surface area contributed by atoms with Gasteiger partial charge in [-0.15, -0.1) is 0 Å². The molecule has 9 aromatic carbocycles. The second kappa shape index (κ2) is 38.0. The average Bonchev–Trinajstić information content (AvgIpc) is 1.57. The molecule has 0 bridgehead atoms. The lowest BCUT2D eigenvalue weighted by atomic mass is 9.87. The quantitative estimate of drug-likeness (QED) is 0.0178. The maximum atomic E-state index is 13.9. The van der Waals surface area contributed by atoms with E-state index in [1.54, 1.807) is 36.4 Å². The molecule has 21 nitrogen and oxygen atoms in total. The molecule has 13 rings (SSSR count). The second-order valence-corrected chi connectivity index (χ2v) is 45.9. The number of carbonyl (C=O) groups is 3. The lowest BCUT2D eigenvalue weighted by Gasteiger charge is -2.26. The normalized spacial score (nSPS) is 20.5. The smallest absolute Gasteiger partial charge is 0.370 e. The zero-order chi connectivity index (χ0) is 94.3. The summed E-state index contributed by atoms with van der Waals surface area (Å²) in [6.45, 7) is 32.4. The number of hydrogen-bond acceptors (Lipinski definition) is 21. The Bertz CT molecular complexity index is 5760. The molecule has 0 aromatic heterocycles. The summed E-state index contributed by atoms with van der Waals surface area (Å²) in [5, 5.41) is -14.3. The number of fused-ring (bicyclic) bond motifs is 1. The Labute approximate surface area is 752 Å². The summed E-state index contributed by atoms with van der Waals surface area (Å²) in [6.07, 6.45) is -4.06. The summed E-state index contributed by atoms with van der Waals surface area (Å²) >= 11 is 0. The third-order valence-corrected chi connectivity index (χ3v) is 31.8. The fraction of sp³-hybridized carbons (Fsp3) is 0.400. The van der Waals surface area contributed by atoms with Crippen LogP contribution in [0.5, 0.6) is 0 Å². The van der Waals surface area contributed by atoms with Gasteiger partial charge in [0.25, 0.3) is 0 Å². The number of halogens is 6. The second-order valence-electron chi connectivity index (χ2n) is 35.5. The summed E-state index contributed by atoms with van der Waals surface area (Å²) in [6, 6.07) is 67.8. The van der Waals surface area contributed by atoms with E-state index in [2.05, 4.69) is 149 Å². The van der Waals surface area contributed by atoms with Crippen molar-refractivity contribution in [3.8, 4) is 0 Å². The molecule has 4 fully saturated rings. The van der Waals surface area contributed by atoms with Gasteiger partial charge in [0.1, 0.15) is 0 Å². The van der Waals surface area contributed by atoms with Crippen LogP contribution in [0.1, 0.15) is 201 Å². The monoisotopic (exact) mass is 1890 g/mol. The van der Waals surface area contributed by atoms with E-state index in [1.807, 2.05) is 107 Å². The van der Waals surface area contributed by atoms with Crippen molar-refractivity contribution in [3.63, 3.8) is 0 Å². The van der Waals surface area contributed by atoms with Crippen LogP contribution < -0.4 is 0 Å². The van der Waals surface area contributed by atoms with Crippen molar-refractivity contribution in [2.75, 3.05) is 19.8 Å². The van der Waals surface area contributed by atoms with Crippen LogP contribution in [0.15, 0.2) is 262 Å². The fourth-order valence-electron chi connectivity index (χ4n) is 14.5. The molecule has 0 amide bonds. The van der Waals surface area contributed by atoms with Crippen molar-refractivity contribution >= 4 is 80.9 Å². The van der Waals surface area contributed by atoms with Crippen molar-refractivity contribution in [3.05, 3.63) is 268 Å². The van der Waals surface area contributed by atoms with Gasteiger partial charge in [-0.25, -0.2) is 39.6 Å². The Morgan fingerprint density at radius 1 is 0.352 bits per heavy atom. The fourth-order valence-corrected chi connectivity index (χ4v) is 22.0. The molecule has 1 saturated carbocycles. The molecule has 0 N–H and O–H groups in total. The van der Waals surface area contributed by atoms with E-state index in [9.17, 15) is 79.6 Å². The molecule has 33 heteroatoms. The third-order valence-electron chi connectivity index (χ3n) is 22.1. The molecule has 3 aliphatic heterocycles. The third kappa shape index (κ3) is 22.8. The SMILES string of the molecule is CC(OC(=O)c1ccc([S+](c2ccc(C(C)(C)C)cc2)c2ccc(C3(C)OC4CCCC4O3)cc2)cc1)C(F)(F)S(=O)(=O)[O-].CC(OC(=O)c1ccc([S+](c2ccc(C(C)(C)C)cc2)c2ccc(C3(C)OCC(C)(C)O3)cc2)cc1)C(F)(F)S(=O)(=O)[O-].CC(OC(=O)c1ccc([S+](c2ccc(C(C)(C)C)cc2)c2ccc(C3(C)OCCO3)cc2)cc1)C(F)(F)S(=O)(=O)[O-]. The van der Waals surface area contributed by atoms with Gasteiger partial charge < -0.3 is 56.3 Å². The van der Waals surface area contributed by atoms with Gasteiger partial charge >= 0.3 is 33.7 Å². The Balaban J connectivity index is 0.000000186. The van der Waals surface area contributed by atoms with Gasteiger partial charge in [-0.1, -0.05) is 98.7 Å². The first-order valence-corrected chi connectivity index (χ1v) is 48.9. The number of hydrogen-bond donors (Lipinski definition) is 0. The van der Waals surface area contributed by atoms with Crippen LogP contribution in [0.3, 0.4) is 0 Å². The van der Waals surface area contributed by atoms with E-state index < -0.39 is 138 Å². The lowest BCUT2D eigenvalue weighted by molar-refractivity contribution is -0.176. The van der Waals surface area contributed by atoms with Crippen LogP contribution in [0.4, 0.5) is 26.3 Å². The van der Waals surface area contributed by atoms with Gasteiger partial charge in [0, 0.05) is 16.7 Å². The molecule has 0 spiro atoms. The van der Waals surface area contributed by atoms with Crippen LogP contribution >= 0.6 is 0 Å². The highest BCUT2D eigenvalue weighted by Crippen LogP contribution is 2.47. The van der Waals surface area contributed by atoms with Gasteiger partial charge in [-0.2, -0.15) is 26.3 Å². The van der Waals surface area contributed by atoms with Crippen LogP contribution in [0.25, 0.3) is 0 Å². The largest absolute Gasteiger partial charge is 0.743 e. The summed E-state index contributed by atoms with van der Waals surface area (Å²) in [5.41, 5.74) is 5.50. The van der Waals surface area contributed by atoms with E-state index >= 15 is 0 Å². The zero-order valence-electron chi connectivity index (χ0n) is 73.7. The Morgan fingerprint density at radius 2 is 0.570 bits per heavy atom. The minimum Gasteiger partial charge on any atom is -0.743 e. The first-order valence-electron chi connectivity index (χ1n) is 41.0. The Hall–Kier alpha value is -8.49. The molecule has 9 atom stereocenters. The Kier molecular flexibility index (Phi) is 29.7. The number of alkyl halides is 6. The summed E-state index contributed by atoms with van der Waals surface area (Å²) < 4.78 is 231. The first-order chi connectivity index (χ1) is 59.3. The highest BCUT2D eigenvalue weighted by Gasteiger charge is 2.52. The van der Waals surface area contributed by atoms with Gasteiger partial charge in [-0.05, 0) is 290 Å². The zero-order valence-corrected chi connectivity index (χ0v) is 78.6. The molecular formula is C95H104F6O21S6. The van der Waals surface area contributed by atoms with E-state index in [-0.39, 0.29) is 45.1 Å². The number of rotatable bonds is 24.